The summed E-state index contributed by atoms with van der Waals surface area (Å²) < 4.78 is 0.990. The highest BCUT2D eigenvalue weighted by Crippen LogP contribution is 2.12. The van der Waals surface area contributed by atoms with Crippen molar-refractivity contribution in [3.05, 3.63) is 50.9 Å². The fraction of sp³-hybridized carbons (Fsp3) is 0.286. The first-order chi connectivity index (χ1) is 9.15. The maximum Gasteiger partial charge on any atom is 0.164 e. The summed E-state index contributed by atoms with van der Waals surface area (Å²) in [6.07, 6.45) is 0.530. The highest BCUT2D eigenvalue weighted by atomic mass is 79.9. The fourth-order valence-corrected chi connectivity index (χ4v) is 2.56. The Hall–Kier alpha value is -1.04. The van der Waals surface area contributed by atoms with Crippen LogP contribution in [0.3, 0.4) is 0 Å². The molecule has 0 aliphatic heterocycles. The van der Waals surface area contributed by atoms with Gasteiger partial charge >= 0.3 is 0 Å². The van der Waals surface area contributed by atoms with Gasteiger partial charge in [-0.3, -0.25) is 4.79 Å². The summed E-state index contributed by atoms with van der Waals surface area (Å²) in [5, 5.41) is 2.03. The van der Waals surface area contributed by atoms with Crippen molar-refractivity contribution in [3.8, 4) is 0 Å². The largest absolute Gasteiger partial charge is 0.300 e. The number of carbonyl (C=O) groups excluding carboxylic acids is 1. The molecule has 1 aromatic heterocycles. The fourth-order valence-electron chi connectivity index (χ4n) is 1.74. The van der Waals surface area contributed by atoms with Gasteiger partial charge < -0.3 is 4.90 Å². The summed E-state index contributed by atoms with van der Waals surface area (Å²) in [5.74, 6) is 0.178. The molecule has 1 heterocycles. The van der Waals surface area contributed by atoms with Crippen molar-refractivity contribution in [2.75, 3.05) is 13.6 Å². The summed E-state index contributed by atoms with van der Waals surface area (Å²) in [6, 6.07) is 7.50. The van der Waals surface area contributed by atoms with Gasteiger partial charge in [-0.1, -0.05) is 28.1 Å². The van der Waals surface area contributed by atoms with E-state index in [9.17, 15) is 4.79 Å². The predicted molar refractivity (Wildman–Crippen MR) is 81.5 cm³/mol. The first-order valence-electron chi connectivity index (χ1n) is 5.99. The number of hydrogen-bond acceptors (Lipinski definition) is 4. The van der Waals surface area contributed by atoms with Crippen molar-refractivity contribution in [3.63, 3.8) is 0 Å². The van der Waals surface area contributed by atoms with E-state index in [-0.39, 0.29) is 5.78 Å². The zero-order valence-electron chi connectivity index (χ0n) is 10.7. The van der Waals surface area contributed by atoms with Crippen LogP contribution in [0.25, 0.3) is 0 Å². The molecule has 0 radical (unpaired) electrons. The van der Waals surface area contributed by atoms with Crippen LogP contribution in [0.2, 0.25) is 0 Å². The Bertz CT molecular complexity index is 525. The summed E-state index contributed by atoms with van der Waals surface area (Å²) in [6.45, 7) is 1.53. The van der Waals surface area contributed by atoms with Crippen LogP contribution in [0.4, 0.5) is 0 Å². The second-order valence-corrected chi connectivity index (χ2v) is 6.03. The SMILES string of the molecule is CN(CCC(=O)c1ccc(Br)cc1)Cc1cscn1. The van der Waals surface area contributed by atoms with Gasteiger partial charge in [0.2, 0.25) is 0 Å². The lowest BCUT2D eigenvalue weighted by molar-refractivity contribution is 0.0967. The Morgan fingerprint density at radius 3 is 2.74 bits per heavy atom. The summed E-state index contributed by atoms with van der Waals surface area (Å²) >= 11 is 4.96. The van der Waals surface area contributed by atoms with Gasteiger partial charge in [0.1, 0.15) is 0 Å². The first-order valence-corrected chi connectivity index (χ1v) is 7.73. The van der Waals surface area contributed by atoms with Crippen LogP contribution < -0.4 is 0 Å². The lowest BCUT2D eigenvalue weighted by Crippen LogP contribution is -2.21. The third kappa shape index (κ3) is 4.53. The molecule has 0 bridgehead atoms. The van der Waals surface area contributed by atoms with E-state index < -0.39 is 0 Å². The highest BCUT2D eigenvalue weighted by Gasteiger charge is 2.08. The van der Waals surface area contributed by atoms with Crippen molar-refractivity contribution in [1.29, 1.82) is 0 Å². The predicted octanol–water partition coefficient (Wildman–Crippen LogP) is 3.61. The van der Waals surface area contributed by atoms with Crippen molar-refractivity contribution in [2.45, 2.75) is 13.0 Å². The van der Waals surface area contributed by atoms with E-state index in [0.29, 0.717) is 6.42 Å². The Kier molecular flexibility index (Phi) is 5.24. The number of aromatic nitrogens is 1. The van der Waals surface area contributed by atoms with E-state index in [4.69, 9.17) is 0 Å². The standard InChI is InChI=1S/C14H15BrN2OS/c1-17(8-13-9-19-10-16-13)7-6-14(18)11-2-4-12(15)5-3-11/h2-5,9-10H,6-8H2,1H3. The number of benzene rings is 1. The molecule has 2 aromatic rings. The average molecular weight is 339 g/mol. The lowest BCUT2D eigenvalue weighted by atomic mass is 10.1. The molecule has 0 fully saturated rings. The van der Waals surface area contributed by atoms with Crippen molar-refractivity contribution in [2.24, 2.45) is 0 Å². The number of carbonyl (C=O) groups is 1. The van der Waals surface area contributed by atoms with E-state index in [0.717, 1.165) is 28.8 Å². The molecule has 0 unspecified atom stereocenters. The molecule has 0 saturated heterocycles. The Balaban J connectivity index is 1.81. The molecule has 100 valence electrons. The molecular weight excluding hydrogens is 324 g/mol. The molecule has 2 rings (SSSR count). The molecule has 0 amide bonds. The minimum atomic E-state index is 0.178. The number of rotatable bonds is 6. The molecule has 0 aliphatic rings. The average Bonchev–Trinajstić information content (AvgIpc) is 2.89. The molecule has 0 atom stereocenters. The van der Waals surface area contributed by atoms with Gasteiger partial charge in [-0.25, -0.2) is 4.98 Å². The third-order valence-corrected chi connectivity index (χ3v) is 3.97. The minimum absolute atomic E-state index is 0.178. The molecule has 0 N–H and O–H groups in total. The Labute approximate surface area is 125 Å². The number of thiazole rings is 1. The molecule has 5 heteroatoms. The summed E-state index contributed by atoms with van der Waals surface area (Å²) in [4.78, 5) is 18.4. The second-order valence-electron chi connectivity index (χ2n) is 4.40. The van der Waals surface area contributed by atoms with Crippen LogP contribution in [0.5, 0.6) is 0 Å². The molecule has 0 aliphatic carbocycles. The van der Waals surface area contributed by atoms with Crippen LogP contribution in [0.1, 0.15) is 22.5 Å². The van der Waals surface area contributed by atoms with Gasteiger partial charge in [-0.05, 0) is 19.2 Å². The molecule has 0 spiro atoms. The molecular formula is C14H15BrN2OS. The monoisotopic (exact) mass is 338 g/mol. The van der Waals surface area contributed by atoms with Gasteiger partial charge in [0, 0.05) is 34.9 Å². The Morgan fingerprint density at radius 1 is 1.37 bits per heavy atom. The van der Waals surface area contributed by atoms with Crippen LogP contribution in [0, 0.1) is 0 Å². The Morgan fingerprint density at radius 2 is 2.11 bits per heavy atom. The third-order valence-electron chi connectivity index (χ3n) is 2.80. The van der Waals surface area contributed by atoms with Crippen molar-refractivity contribution >= 4 is 33.0 Å². The van der Waals surface area contributed by atoms with Crippen LogP contribution in [0.15, 0.2) is 39.6 Å². The minimum Gasteiger partial charge on any atom is -0.300 e. The number of nitrogens with zero attached hydrogens (tertiary/aromatic N) is 2. The molecule has 1 aromatic carbocycles. The number of Topliss-reactive ketones (excluding diaryl/α,β-unsaturated/α-hetero) is 1. The second kappa shape index (κ2) is 6.93. The maximum absolute atomic E-state index is 12.0. The topological polar surface area (TPSA) is 33.2 Å². The maximum atomic E-state index is 12.0. The molecule has 19 heavy (non-hydrogen) atoms. The summed E-state index contributed by atoms with van der Waals surface area (Å²) in [7, 11) is 2.01. The van der Waals surface area contributed by atoms with E-state index in [1.54, 1.807) is 11.3 Å². The smallest absolute Gasteiger partial charge is 0.164 e. The molecule has 0 saturated carbocycles. The molecule has 3 nitrogen and oxygen atoms in total. The zero-order chi connectivity index (χ0) is 13.7. The van der Waals surface area contributed by atoms with Gasteiger partial charge in [-0.15, -0.1) is 11.3 Å². The lowest BCUT2D eigenvalue weighted by Gasteiger charge is -2.14. The number of ketones is 1. The quantitative estimate of drug-likeness (QED) is 0.754. The zero-order valence-corrected chi connectivity index (χ0v) is 13.1. The van der Waals surface area contributed by atoms with Gasteiger partial charge in [-0.2, -0.15) is 0 Å². The van der Waals surface area contributed by atoms with Gasteiger partial charge in [0.05, 0.1) is 11.2 Å². The highest BCUT2D eigenvalue weighted by molar-refractivity contribution is 9.10. The summed E-state index contributed by atoms with van der Waals surface area (Å²) in [5.41, 5.74) is 3.66. The van der Waals surface area contributed by atoms with E-state index in [1.807, 2.05) is 42.2 Å². The van der Waals surface area contributed by atoms with Crippen LogP contribution in [-0.2, 0) is 6.54 Å². The number of halogens is 1. The van der Waals surface area contributed by atoms with Crippen LogP contribution in [-0.4, -0.2) is 29.3 Å². The van der Waals surface area contributed by atoms with E-state index in [2.05, 4.69) is 25.8 Å². The number of hydrogen-bond donors (Lipinski definition) is 0. The van der Waals surface area contributed by atoms with E-state index >= 15 is 0 Å². The van der Waals surface area contributed by atoms with Crippen molar-refractivity contribution in [1.82, 2.24) is 9.88 Å². The van der Waals surface area contributed by atoms with Gasteiger partial charge in [0.15, 0.2) is 5.78 Å². The van der Waals surface area contributed by atoms with Gasteiger partial charge in [0.25, 0.3) is 0 Å². The normalized spacial score (nSPS) is 10.9. The first kappa shape index (κ1) is 14.4. The van der Waals surface area contributed by atoms with E-state index in [1.165, 1.54) is 0 Å². The van der Waals surface area contributed by atoms with Crippen molar-refractivity contribution < 1.29 is 4.79 Å². The van der Waals surface area contributed by atoms with Crippen LogP contribution >= 0.6 is 27.3 Å².